The summed E-state index contributed by atoms with van der Waals surface area (Å²) in [6.45, 7) is 6.65. The van der Waals surface area contributed by atoms with Crippen molar-refractivity contribution in [2.45, 2.75) is 45.8 Å². The molecular weight excluding hydrogens is 128 g/mol. The highest BCUT2D eigenvalue weighted by Gasteiger charge is 2.04. The lowest BCUT2D eigenvalue weighted by Gasteiger charge is -2.13. The molecule has 1 N–H and O–H groups in total. The summed E-state index contributed by atoms with van der Waals surface area (Å²) in [6, 6.07) is 0. The zero-order valence-corrected chi connectivity index (χ0v) is 7.13. The number of rotatable bonds is 5. The van der Waals surface area contributed by atoms with Gasteiger partial charge in [-0.2, -0.15) is 0 Å². The summed E-state index contributed by atoms with van der Waals surface area (Å²) in [6.07, 6.45) is 1.73. The molecule has 0 amide bonds. The summed E-state index contributed by atoms with van der Waals surface area (Å²) in [7, 11) is 0. The van der Waals surface area contributed by atoms with Crippen LogP contribution in [0.1, 0.15) is 33.6 Å². The highest BCUT2D eigenvalue weighted by atomic mass is 16.5. The van der Waals surface area contributed by atoms with Crippen molar-refractivity contribution in [2.75, 3.05) is 6.61 Å². The minimum Gasteiger partial charge on any atom is -0.393 e. The van der Waals surface area contributed by atoms with Gasteiger partial charge in [0.15, 0.2) is 0 Å². The molecule has 0 aliphatic carbocycles. The van der Waals surface area contributed by atoms with Crippen LogP contribution in [0.2, 0.25) is 0 Å². The molecule has 0 aromatic carbocycles. The molecule has 10 heavy (non-hydrogen) atoms. The Morgan fingerprint density at radius 1 is 1.40 bits per heavy atom. The second kappa shape index (κ2) is 5.69. The maximum absolute atomic E-state index is 8.94. The molecule has 0 aliphatic heterocycles. The first-order valence-corrected chi connectivity index (χ1v) is 3.96. The molecule has 0 aromatic heterocycles. The summed E-state index contributed by atoms with van der Waals surface area (Å²) in [5.74, 6) is 0. The molecule has 2 atom stereocenters. The molecule has 0 fully saturated rings. The van der Waals surface area contributed by atoms with E-state index >= 15 is 0 Å². The highest BCUT2D eigenvalue weighted by molar-refractivity contribution is 4.54. The third-order valence-electron chi connectivity index (χ3n) is 1.28. The molecule has 0 rings (SSSR count). The quantitative estimate of drug-likeness (QED) is 0.638. The van der Waals surface area contributed by atoms with E-state index in [1.807, 2.05) is 6.92 Å². The van der Waals surface area contributed by atoms with E-state index in [1.165, 1.54) is 0 Å². The first-order chi connectivity index (χ1) is 4.66. The first kappa shape index (κ1) is 9.92. The predicted octanol–water partition coefficient (Wildman–Crippen LogP) is 1.57. The molecule has 0 saturated carbocycles. The van der Waals surface area contributed by atoms with Crippen molar-refractivity contribution >= 4 is 0 Å². The average molecular weight is 146 g/mol. The van der Waals surface area contributed by atoms with Crippen molar-refractivity contribution in [1.29, 1.82) is 0 Å². The van der Waals surface area contributed by atoms with E-state index in [0.29, 0.717) is 0 Å². The maximum atomic E-state index is 8.94. The lowest BCUT2D eigenvalue weighted by Crippen LogP contribution is -2.15. The van der Waals surface area contributed by atoms with Gasteiger partial charge in [-0.15, -0.1) is 0 Å². The number of ether oxygens (including phenoxy) is 1. The van der Waals surface area contributed by atoms with Crippen LogP contribution in [0.25, 0.3) is 0 Å². The predicted molar refractivity (Wildman–Crippen MR) is 42.0 cm³/mol. The molecule has 0 heterocycles. The summed E-state index contributed by atoms with van der Waals surface area (Å²) >= 11 is 0. The van der Waals surface area contributed by atoms with Gasteiger partial charge in [-0.1, -0.05) is 6.92 Å². The van der Waals surface area contributed by atoms with E-state index in [2.05, 4.69) is 6.92 Å². The molecular formula is C8H18O2. The molecule has 0 aliphatic rings. The minimum atomic E-state index is -0.244. The van der Waals surface area contributed by atoms with Gasteiger partial charge in [0.05, 0.1) is 12.2 Å². The third-order valence-corrected chi connectivity index (χ3v) is 1.28. The van der Waals surface area contributed by atoms with Crippen molar-refractivity contribution in [3.63, 3.8) is 0 Å². The van der Waals surface area contributed by atoms with Crippen LogP contribution in [0.4, 0.5) is 0 Å². The van der Waals surface area contributed by atoms with E-state index in [4.69, 9.17) is 9.84 Å². The Morgan fingerprint density at radius 2 is 2.00 bits per heavy atom. The standard InChI is InChI=1S/C8H18O2/c1-4-5-10-8(3)6-7(2)9/h7-9H,4-6H2,1-3H3/t7-,8+/m0/s1. The summed E-state index contributed by atoms with van der Waals surface area (Å²) in [5.41, 5.74) is 0. The lowest BCUT2D eigenvalue weighted by molar-refractivity contribution is 0.0296. The zero-order valence-electron chi connectivity index (χ0n) is 7.13. The average Bonchev–Trinajstić information content (AvgIpc) is 1.82. The Labute approximate surface area is 63.2 Å². The van der Waals surface area contributed by atoms with Crippen molar-refractivity contribution in [3.05, 3.63) is 0 Å². The molecule has 2 heteroatoms. The maximum Gasteiger partial charge on any atom is 0.0571 e. The van der Waals surface area contributed by atoms with Gasteiger partial charge in [0.1, 0.15) is 0 Å². The molecule has 2 nitrogen and oxygen atoms in total. The summed E-state index contributed by atoms with van der Waals surface area (Å²) in [5, 5.41) is 8.94. The smallest absolute Gasteiger partial charge is 0.0571 e. The lowest BCUT2D eigenvalue weighted by atomic mass is 10.2. The monoisotopic (exact) mass is 146 g/mol. The largest absolute Gasteiger partial charge is 0.393 e. The van der Waals surface area contributed by atoms with Gasteiger partial charge in [0, 0.05) is 6.61 Å². The Balaban J connectivity index is 3.16. The van der Waals surface area contributed by atoms with Crippen LogP contribution >= 0.6 is 0 Å². The molecule has 0 saturated heterocycles. The Morgan fingerprint density at radius 3 is 2.40 bits per heavy atom. The molecule has 0 aromatic rings. The molecule has 0 unspecified atom stereocenters. The fourth-order valence-electron chi connectivity index (χ4n) is 0.867. The second-order valence-electron chi connectivity index (χ2n) is 2.77. The first-order valence-electron chi connectivity index (χ1n) is 3.96. The van der Waals surface area contributed by atoms with Crippen molar-refractivity contribution in [3.8, 4) is 0 Å². The summed E-state index contributed by atoms with van der Waals surface area (Å²) < 4.78 is 5.34. The van der Waals surface area contributed by atoms with Crippen molar-refractivity contribution in [2.24, 2.45) is 0 Å². The van der Waals surface area contributed by atoms with Crippen LogP contribution in [0, 0.1) is 0 Å². The van der Waals surface area contributed by atoms with E-state index in [1.54, 1.807) is 6.92 Å². The number of aliphatic hydroxyl groups excluding tert-OH is 1. The molecule has 0 spiro atoms. The number of hydrogen-bond acceptors (Lipinski definition) is 2. The molecule has 0 bridgehead atoms. The number of aliphatic hydroxyl groups is 1. The van der Waals surface area contributed by atoms with Crippen LogP contribution in [-0.2, 0) is 4.74 Å². The topological polar surface area (TPSA) is 29.5 Å². The highest BCUT2D eigenvalue weighted by Crippen LogP contribution is 2.01. The van der Waals surface area contributed by atoms with Crippen molar-refractivity contribution < 1.29 is 9.84 Å². The molecule has 62 valence electrons. The van der Waals surface area contributed by atoms with Crippen LogP contribution in [0.5, 0.6) is 0 Å². The van der Waals surface area contributed by atoms with Gasteiger partial charge in [0.25, 0.3) is 0 Å². The molecule has 0 radical (unpaired) electrons. The van der Waals surface area contributed by atoms with Gasteiger partial charge >= 0.3 is 0 Å². The van der Waals surface area contributed by atoms with Gasteiger partial charge < -0.3 is 9.84 Å². The van der Waals surface area contributed by atoms with E-state index in [0.717, 1.165) is 19.4 Å². The fourth-order valence-corrected chi connectivity index (χ4v) is 0.867. The third kappa shape index (κ3) is 6.05. The van der Waals surface area contributed by atoms with Gasteiger partial charge in [-0.3, -0.25) is 0 Å². The van der Waals surface area contributed by atoms with Gasteiger partial charge in [-0.05, 0) is 26.7 Å². The number of hydrogen-bond donors (Lipinski definition) is 1. The Bertz CT molecular complexity index is 71.7. The van der Waals surface area contributed by atoms with Crippen LogP contribution in [0.15, 0.2) is 0 Å². The minimum absolute atomic E-state index is 0.194. The zero-order chi connectivity index (χ0) is 7.98. The van der Waals surface area contributed by atoms with Gasteiger partial charge in [-0.25, -0.2) is 0 Å². The van der Waals surface area contributed by atoms with Crippen molar-refractivity contribution in [1.82, 2.24) is 0 Å². The second-order valence-corrected chi connectivity index (χ2v) is 2.77. The van der Waals surface area contributed by atoms with E-state index < -0.39 is 0 Å². The van der Waals surface area contributed by atoms with Crippen LogP contribution in [-0.4, -0.2) is 23.9 Å². The van der Waals surface area contributed by atoms with E-state index in [9.17, 15) is 0 Å². The normalized spacial score (nSPS) is 16.8. The summed E-state index contributed by atoms with van der Waals surface area (Å²) in [4.78, 5) is 0. The van der Waals surface area contributed by atoms with Crippen LogP contribution < -0.4 is 0 Å². The fraction of sp³-hybridized carbons (Fsp3) is 1.00. The van der Waals surface area contributed by atoms with E-state index in [-0.39, 0.29) is 12.2 Å². The Kier molecular flexibility index (Phi) is 5.64. The SMILES string of the molecule is CCCO[C@H](C)C[C@H](C)O. The van der Waals surface area contributed by atoms with Crippen LogP contribution in [0.3, 0.4) is 0 Å². The van der Waals surface area contributed by atoms with Gasteiger partial charge in [0.2, 0.25) is 0 Å². The Hall–Kier alpha value is -0.0800.